The Bertz CT molecular complexity index is 1300. The second-order valence-electron chi connectivity index (χ2n) is 7.26. The molecule has 1 amide bonds. The van der Waals surface area contributed by atoms with Gasteiger partial charge in [0, 0.05) is 23.0 Å². The van der Waals surface area contributed by atoms with Gasteiger partial charge < -0.3 is 9.87 Å². The number of halogens is 1. The topological polar surface area (TPSA) is 110 Å². The second-order valence-corrected chi connectivity index (χ2v) is 8.79. The van der Waals surface area contributed by atoms with Crippen molar-refractivity contribution in [3.05, 3.63) is 95.2 Å². The molecule has 2 aromatic carbocycles. The Morgan fingerprint density at radius 3 is 2.58 bits per heavy atom. The van der Waals surface area contributed by atoms with E-state index in [1.54, 1.807) is 55.6 Å². The van der Waals surface area contributed by atoms with E-state index in [0.717, 1.165) is 0 Å². The van der Waals surface area contributed by atoms with E-state index in [9.17, 15) is 13.6 Å². The fourth-order valence-electron chi connectivity index (χ4n) is 3.30. The van der Waals surface area contributed by atoms with Crippen molar-refractivity contribution in [1.29, 1.82) is 0 Å². The van der Waals surface area contributed by atoms with Gasteiger partial charge in [0.25, 0.3) is 5.91 Å². The first kappa shape index (κ1) is 22.8. The maximum absolute atomic E-state index is 12.8. The standard InChI is InChI=1S/C23H20ClN5O3S/c1-15-26-14-29(28-15)13-22(33(31)32)16-5-7-17(8-6-16)23(30)27-18-9-10-20(24)19(12-18)21-4-2-3-11-25-21/h2-12,14,22H,13H2,1H3,(H,27,30)(H,31,32). The third-order valence-corrected chi connectivity index (χ3v) is 6.19. The number of nitrogens with zero attached hydrogens (tertiary/aromatic N) is 4. The first-order chi connectivity index (χ1) is 15.9. The largest absolute Gasteiger partial charge is 0.322 e. The van der Waals surface area contributed by atoms with Crippen molar-refractivity contribution in [3.63, 3.8) is 0 Å². The van der Waals surface area contributed by atoms with Crippen LogP contribution in [0.1, 0.15) is 27.0 Å². The number of pyridine rings is 1. The van der Waals surface area contributed by atoms with Crippen molar-refractivity contribution in [2.45, 2.75) is 18.7 Å². The molecule has 2 aromatic heterocycles. The van der Waals surface area contributed by atoms with Gasteiger partial charge in [-0.1, -0.05) is 29.8 Å². The first-order valence-electron chi connectivity index (χ1n) is 9.98. The van der Waals surface area contributed by atoms with Crippen molar-refractivity contribution in [1.82, 2.24) is 19.7 Å². The Balaban J connectivity index is 1.50. The predicted molar refractivity (Wildman–Crippen MR) is 127 cm³/mol. The summed E-state index contributed by atoms with van der Waals surface area (Å²) in [4.78, 5) is 21.1. The number of aryl methyl sites for hydroxylation is 1. The smallest absolute Gasteiger partial charge is 0.255 e. The van der Waals surface area contributed by atoms with Crippen molar-refractivity contribution in [2.24, 2.45) is 0 Å². The molecule has 0 aliphatic heterocycles. The molecule has 0 bridgehead atoms. The van der Waals surface area contributed by atoms with Gasteiger partial charge >= 0.3 is 0 Å². The molecule has 4 rings (SSSR count). The summed E-state index contributed by atoms with van der Waals surface area (Å²) < 4.78 is 23.2. The van der Waals surface area contributed by atoms with Crippen molar-refractivity contribution in [2.75, 3.05) is 5.32 Å². The molecular weight excluding hydrogens is 462 g/mol. The molecule has 10 heteroatoms. The van der Waals surface area contributed by atoms with Gasteiger partial charge in [0.1, 0.15) is 17.4 Å². The maximum atomic E-state index is 12.8. The number of hydrogen-bond acceptors (Lipinski definition) is 5. The zero-order valence-corrected chi connectivity index (χ0v) is 19.1. The zero-order valence-electron chi connectivity index (χ0n) is 17.6. The number of benzene rings is 2. The molecule has 168 valence electrons. The Morgan fingerprint density at radius 1 is 1.15 bits per heavy atom. The van der Waals surface area contributed by atoms with Crippen LogP contribution in [0.5, 0.6) is 0 Å². The molecule has 0 spiro atoms. The average molecular weight is 482 g/mol. The lowest BCUT2D eigenvalue weighted by Gasteiger charge is -2.14. The lowest BCUT2D eigenvalue weighted by atomic mass is 10.1. The molecule has 0 aliphatic rings. The van der Waals surface area contributed by atoms with Crippen molar-refractivity contribution < 1.29 is 13.6 Å². The van der Waals surface area contributed by atoms with E-state index < -0.39 is 16.3 Å². The Kier molecular flexibility index (Phi) is 6.93. The molecule has 33 heavy (non-hydrogen) atoms. The van der Waals surface area contributed by atoms with Gasteiger partial charge in [0.05, 0.1) is 17.3 Å². The minimum atomic E-state index is -2.13. The number of nitrogens with one attached hydrogen (secondary N) is 1. The number of aromatic nitrogens is 4. The van der Waals surface area contributed by atoms with Gasteiger partial charge in [-0.2, -0.15) is 5.10 Å². The van der Waals surface area contributed by atoms with Crippen LogP contribution in [0.2, 0.25) is 5.02 Å². The third-order valence-electron chi connectivity index (χ3n) is 4.96. The van der Waals surface area contributed by atoms with Gasteiger partial charge in [-0.05, 0) is 55.0 Å². The van der Waals surface area contributed by atoms with Gasteiger partial charge in [-0.25, -0.2) is 9.19 Å². The molecule has 4 aromatic rings. The molecule has 0 aliphatic carbocycles. The number of amides is 1. The summed E-state index contributed by atoms with van der Waals surface area (Å²) in [5.74, 6) is 0.266. The molecule has 0 fully saturated rings. The van der Waals surface area contributed by atoms with Crippen LogP contribution in [-0.4, -0.2) is 34.4 Å². The van der Waals surface area contributed by atoms with E-state index in [4.69, 9.17) is 11.6 Å². The van der Waals surface area contributed by atoms with E-state index >= 15 is 0 Å². The van der Waals surface area contributed by atoms with Gasteiger partial charge in [0.2, 0.25) is 0 Å². The summed E-state index contributed by atoms with van der Waals surface area (Å²) in [7, 11) is 0. The average Bonchev–Trinajstić information content (AvgIpc) is 3.24. The number of hydrogen-bond donors (Lipinski definition) is 2. The molecule has 0 saturated heterocycles. The fraction of sp³-hybridized carbons (Fsp3) is 0.130. The zero-order chi connectivity index (χ0) is 23.4. The van der Waals surface area contributed by atoms with Crippen LogP contribution in [0.3, 0.4) is 0 Å². The number of rotatable bonds is 7. The maximum Gasteiger partial charge on any atom is 0.255 e. The summed E-state index contributed by atoms with van der Waals surface area (Å²) in [6, 6.07) is 17.3. The Labute approximate surface area is 198 Å². The van der Waals surface area contributed by atoms with Crippen molar-refractivity contribution in [3.8, 4) is 11.3 Å². The van der Waals surface area contributed by atoms with E-state index in [1.165, 1.54) is 11.0 Å². The van der Waals surface area contributed by atoms with E-state index in [0.29, 0.717) is 38.9 Å². The van der Waals surface area contributed by atoms with Crippen LogP contribution in [0.25, 0.3) is 11.3 Å². The van der Waals surface area contributed by atoms with Crippen LogP contribution in [0, 0.1) is 6.92 Å². The van der Waals surface area contributed by atoms with Crippen LogP contribution >= 0.6 is 11.6 Å². The highest BCUT2D eigenvalue weighted by Gasteiger charge is 2.20. The summed E-state index contributed by atoms with van der Waals surface area (Å²) in [6.07, 6.45) is 3.19. The quantitative estimate of drug-likeness (QED) is 0.375. The molecule has 0 radical (unpaired) electrons. The summed E-state index contributed by atoms with van der Waals surface area (Å²) >= 11 is 4.18. The molecule has 0 saturated carbocycles. The van der Waals surface area contributed by atoms with Crippen LogP contribution in [0.15, 0.2) is 73.2 Å². The van der Waals surface area contributed by atoms with Crippen molar-refractivity contribution >= 4 is 34.3 Å². The normalized spacial score (nSPS) is 12.8. The van der Waals surface area contributed by atoms with E-state index in [1.807, 2.05) is 18.2 Å². The van der Waals surface area contributed by atoms with Gasteiger partial charge in [-0.15, -0.1) is 0 Å². The van der Waals surface area contributed by atoms with E-state index in [-0.39, 0.29) is 12.5 Å². The summed E-state index contributed by atoms with van der Waals surface area (Å²) in [5, 5.41) is 6.84. The van der Waals surface area contributed by atoms with Gasteiger partial charge in [-0.3, -0.25) is 14.5 Å². The predicted octanol–water partition coefficient (Wildman–Crippen LogP) is 4.52. The number of carbonyl (C=O) groups is 1. The Morgan fingerprint density at radius 2 is 1.94 bits per heavy atom. The molecule has 8 nitrogen and oxygen atoms in total. The van der Waals surface area contributed by atoms with Gasteiger partial charge in [0.15, 0.2) is 11.1 Å². The second kappa shape index (κ2) is 10.0. The summed E-state index contributed by atoms with van der Waals surface area (Å²) in [6.45, 7) is 1.94. The molecule has 2 heterocycles. The first-order valence-corrected chi connectivity index (χ1v) is 11.5. The molecule has 2 atom stereocenters. The molecule has 2 N–H and O–H groups in total. The lowest BCUT2D eigenvalue weighted by Crippen LogP contribution is -2.15. The number of anilines is 1. The monoisotopic (exact) mass is 481 g/mol. The highest BCUT2D eigenvalue weighted by molar-refractivity contribution is 7.79. The van der Waals surface area contributed by atoms with Crippen LogP contribution in [-0.2, 0) is 17.6 Å². The minimum Gasteiger partial charge on any atom is -0.322 e. The third kappa shape index (κ3) is 5.51. The Hall–Kier alpha value is -3.40. The highest BCUT2D eigenvalue weighted by atomic mass is 35.5. The molecule has 2 unspecified atom stereocenters. The fourth-order valence-corrected chi connectivity index (χ4v) is 4.19. The number of carbonyl (C=O) groups excluding carboxylic acids is 1. The molecular formula is C23H20ClN5O3S. The SMILES string of the molecule is Cc1ncn(CC(c2ccc(C(=O)Nc3ccc(Cl)c(-c4ccccn4)c3)cc2)S(=O)O)n1. The minimum absolute atomic E-state index is 0.191. The van der Waals surface area contributed by atoms with Crippen LogP contribution < -0.4 is 5.32 Å². The van der Waals surface area contributed by atoms with Crippen LogP contribution in [0.4, 0.5) is 5.69 Å². The highest BCUT2D eigenvalue weighted by Crippen LogP contribution is 2.29. The summed E-state index contributed by atoms with van der Waals surface area (Å²) in [5.41, 5.74) is 3.01. The lowest BCUT2D eigenvalue weighted by molar-refractivity contribution is 0.102. The van der Waals surface area contributed by atoms with E-state index in [2.05, 4.69) is 20.4 Å².